The van der Waals surface area contributed by atoms with E-state index in [1.54, 1.807) is 41.5 Å². The molecule has 0 aliphatic carbocycles. The second-order valence-electron chi connectivity index (χ2n) is 8.60. The van der Waals surface area contributed by atoms with E-state index in [4.69, 9.17) is 20.4 Å². The molecule has 30 heavy (non-hydrogen) atoms. The molecule has 0 bridgehead atoms. The molecule has 0 aromatic rings. The fraction of sp³-hybridized carbons (Fsp3) is 1.00. The monoisotopic (exact) mass is 470 g/mol. The molecule has 0 aliphatic heterocycles. The molecule has 0 aromatic carbocycles. The van der Waals surface area contributed by atoms with Crippen molar-refractivity contribution in [1.82, 2.24) is 0 Å². The molecule has 0 saturated heterocycles. The molecule has 0 atom stereocenters. The van der Waals surface area contributed by atoms with Gasteiger partial charge in [0.15, 0.2) is 0 Å². The summed E-state index contributed by atoms with van der Waals surface area (Å²) >= 11 is 0. The minimum atomic E-state index is -0.167. The predicted octanol–water partition coefficient (Wildman–Crippen LogP) is 6.62. The van der Waals surface area contributed by atoms with Gasteiger partial charge in [0.2, 0.25) is 0 Å². The number of rotatable bonds is 14. The van der Waals surface area contributed by atoms with E-state index in [-0.39, 0.29) is 40.0 Å². The third-order valence-electron chi connectivity index (χ3n) is 3.51. The summed E-state index contributed by atoms with van der Waals surface area (Å²) in [5, 5.41) is 32.8. The molecular weight excluding hydrogens is 412 g/mol. The maximum absolute atomic E-state index is 8.64. The van der Waals surface area contributed by atoms with Crippen LogP contribution < -0.4 is 0 Å². The van der Waals surface area contributed by atoms with E-state index in [0.717, 1.165) is 6.42 Å². The minimum absolute atomic E-state index is 0. The van der Waals surface area contributed by atoms with E-state index >= 15 is 0 Å². The van der Waals surface area contributed by atoms with Crippen LogP contribution in [-0.2, 0) is 21.7 Å². The first-order valence-corrected chi connectivity index (χ1v) is 12.3. The Morgan fingerprint density at radius 3 is 0.767 bits per heavy atom. The normalized spacial score (nSPS) is 9.80. The van der Waals surface area contributed by atoms with E-state index in [0.29, 0.717) is 6.61 Å². The predicted molar refractivity (Wildman–Crippen MR) is 129 cm³/mol. The number of aliphatic hydroxyl groups is 4. The first-order valence-electron chi connectivity index (χ1n) is 12.3. The van der Waals surface area contributed by atoms with Crippen molar-refractivity contribution in [3.8, 4) is 0 Å². The average molecular weight is 471 g/mol. The third kappa shape index (κ3) is 102. The first kappa shape index (κ1) is 40.9. The molecular formula is C25H58O4Ti. The fourth-order valence-corrected chi connectivity index (χ4v) is 2.31. The summed E-state index contributed by atoms with van der Waals surface area (Å²) in [6.45, 7) is 13.0. The molecule has 4 nitrogen and oxygen atoms in total. The Labute approximate surface area is 205 Å². The van der Waals surface area contributed by atoms with Crippen LogP contribution in [0.25, 0.3) is 0 Å². The molecule has 0 radical (unpaired) electrons. The SMILES string of the molecule is CC(C)O.CC(C)O.CC(C)O.CCCCCCCCCCCCCCCCO.[Ti]. The molecule has 186 valence electrons. The third-order valence-corrected chi connectivity index (χ3v) is 3.51. The molecule has 0 unspecified atom stereocenters. The Balaban J connectivity index is -0.000000131. The van der Waals surface area contributed by atoms with Gasteiger partial charge in [0.25, 0.3) is 0 Å². The summed E-state index contributed by atoms with van der Waals surface area (Å²) in [6.07, 6.45) is 18.7. The average Bonchev–Trinajstić information content (AvgIpc) is 2.57. The number of aliphatic hydroxyl groups excluding tert-OH is 4. The number of unbranched alkanes of at least 4 members (excludes halogenated alkanes) is 13. The number of hydrogen-bond donors (Lipinski definition) is 4. The van der Waals surface area contributed by atoms with Crippen LogP contribution >= 0.6 is 0 Å². The van der Waals surface area contributed by atoms with Gasteiger partial charge in [0.1, 0.15) is 0 Å². The Bertz CT molecular complexity index is 201. The Morgan fingerprint density at radius 2 is 0.600 bits per heavy atom. The van der Waals surface area contributed by atoms with Crippen LogP contribution in [0.1, 0.15) is 138 Å². The van der Waals surface area contributed by atoms with Crippen molar-refractivity contribution in [3.63, 3.8) is 0 Å². The Kier molecular flexibility index (Phi) is 54.4. The fourth-order valence-electron chi connectivity index (χ4n) is 2.31. The summed E-state index contributed by atoms with van der Waals surface area (Å²) in [4.78, 5) is 0. The summed E-state index contributed by atoms with van der Waals surface area (Å²) in [5.74, 6) is 0. The van der Waals surface area contributed by atoms with Crippen LogP contribution in [0.15, 0.2) is 0 Å². The molecule has 0 spiro atoms. The van der Waals surface area contributed by atoms with E-state index < -0.39 is 0 Å². The molecule has 0 heterocycles. The zero-order valence-electron chi connectivity index (χ0n) is 21.6. The minimum Gasteiger partial charge on any atom is -0.396 e. The second-order valence-corrected chi connectivity index (χ2v) is 8.60. The van der Waals surface area contributed by atoms with Crippen molar-refractivity contribution < 1.29 is 42.1 Å². The zero-order valence-corrected chi connectivity index (χ0v) is 23.2. The van der Waals surface area contributed by atoms with Gasteiger partial charge in [-0.05, 0) is 48.0 Å². The van der Waals surface area contributed by atoms with Crippen molar-refractivity contribution in [3.05, 3.63) is 0 Å². The van der Waals surface area contributed by atoms with Gasteiger partial charge in [-0.25, -0.2) is 0 Å². The smallest absolute Gasteiger partial charge is 0.0483 e. The quantitative estimate of drug-likeness (QED) is 0.170. The molecule has 0 rings (SSSR count). The Hall–Kier alpha value is 0.554. The van der Waals surface area contributed by atoms with Crippen molar-refractivity contribution in [2.45, 2.75) is 157 Å². The second kappa shape index (κ2) is 40.0. The van der Waals surface area contributed by atoms with Crippen molar-refractivity contribution in [2.75, 3.05) is 6.61 Å². The molecule has 0 saturated carbocycles. The van der Waals surface area contributed by atoms with Gasteiger partial charge in [-0.15, -0.1) is 0 Å². The Morgan fingerprint density at radius 1 is 0.433 bits per heavy atom. The van der Waals surface area contributed by atoms with Crippen molar-refractivity contribution >= 4 is 0 Å². The topological polar surface area (TPSA) is 80.9 Å². The van der Waals surface area contributed by atoms with Gasteiger partial charge in [-0.1, -0.05) is 90.4 Å². The summed E-state index contributed by atoms with van der Waals surface area (Å²) in [6, 6.07) is 0. The van der Waals surface area contributed by atoms with E-state index in [2.05, 4.69) is 6.92 Å². The maximum atomic E-state index is 8.64. The van der Waals surface area contributed by atoms with E-state index in [1.165, 1.54) is 83.5 Å². The molecule has 0 amide bonds. The molecule has 0 aliphatic rings. The molecule has 5 heteroatoms. The van der Waals surface area contributed by atoms with Crippen LogP contribution in [0.2, 0.25) is 0 Å². The van der Waals surface area contributed by atoms with Gasteiger partial charge < -0.3 is 20.4 Å². The summed E-state index contributed by atoms with van der Waals surface area (Å²) in [7, 11) is 0. The van der Waals surface area contributed by atoms with Crippen LogP contribution in [0.5, 0.6) is 0 Å². The largest absolute Gasteiger partial charge is 0.396 e. The van der Waals surface area contributed by atoms with Gasteiger partial charge in [0, 0.05) is 46.6 Å². The molecule has 4 N–H and O–H groups in total. The van der Waals surface area contributed by atoms with Crippen LogP contribution in [0.3, 0.4) is 0 Å². The molecule has 0 aromatic heterocycles. The van der Waals surface area contributed by atoms with E-state index in [1.807, 2.05) is 0 Å². The van der Waals surface area contributed by atoms with Crippen LogP contribution in [0, 0.1) is 0 Å². The summed E-state index contributed by atoms with van der Waals surface area (Å²) < 4.78 is 0. The van der Waals surface area contributed by atoms with Crippen LogP contribution in [0.4, 0.5) is 0 Å². The standard InChI is InChI=1S/C16H34O.3C3H8O.Ti/c1-2-3-4-5-6-7-8-9-10-11-12-13-14-15-16-17;3*1-3(2)4;/h17H,2-16H2,1H3;3*3-4H,1-2H3;. The van der Waals surface area contributed by atoms with E-state index in [9.17, 15) is 0 Å². The summed E-state index contributed by atoms with van der Waals surface area (Å²) in [5.41, 5.74) is 0. The maximum Gasteiger partial charge on any atom is 0.0483 e. The van der Waals surface area contributed by atoms with Gasteiger partial charge >= 0.3 is 0 Å². The first-order chi connectivity index (χ1) is 13.6. The van der Waals surface area contributed by atoms with Crippen molar-refractivity contribution in [1.29, 1.82) is 0 Å². The zero-order chi connectivity index (χ0) is 23.3. The molecule has 0 fully saturated rings. The number of hydrogen-bond acceptors (Lipinski definition) is 4. The van der Waals surface area contributed by atoms with Crippen LogP contribution in [-0.4, -0.2) is 45.3 Å². The van der Waals surface area contributed by atoms with Crippen molar-refractivity contribution in [2.24, 2.45) is 0 Å². The van der Waals surface area contributed by atoms with Gasteiger partial charge in [-0.3, -0.25) is 0 Å². The van der Waals surface area contributed by atoms with Gasteiger partial charge in [-0.2, -0.15) is 0 Å². The van der Waals surface area contributed by atoms with Gasteiger partial charge in [0.05, 0.1) is 0 Å².